The van der Waals surface area contributed by atoms with E-state index in [9.17, 15) is 0 Å². The van der Waals surface area contributed by atoms with Crippen LogP contribution in [0.3, 0.4) is 0 Å². The SMILES string of the molecule is c1cc(-c2ccc(-n3c4ccccc4c4ccccc43)cc2)cc(N(c2ccc(-c3cccc4ccccc34)cc2)c2ccccc2-c2cccc3c2sc2ccccc23)c1. The molecule has 2 heterocycles. The Morgan fingerprint density at radius 3 is 1.72 bits per heavy atom. The summed E-state index contributed by atoms with van der Waals surface area (Å²) >= 11 is 1.88. The van der Waals surface area contributed by atoms with Crippen molar-refractivity contribution < 1.29 is 0 Å². The van der Waals surface area contributed by atoms with Crippen molar-refractivity contribution in [1.29, 1.82) is 0 Å². The fourth-order valence-electron chi connectivity index (χ4n) is 9.38. The molecule has 0 saturated heterocycles. The van der Waals surface area contributed by atoms with Gasteiger partial charge in [-0.2, -0.15) is 0 Å². The lowest BCUT2D eigenvalue weighted by atomic mass is 9.97. The highest BCUT2D eigenvalue weighted by atomic mass is 32.1. The van der Waals surface area contributed by atoms with Crippen LogP contribution in [0.25, 0.3) is 91.8 Å². The first-order valence-corrected chi connectivity index (χ1v) is 21.7. The number of para-hydroxylation sites is 3. The normalized spacial score (nSPS) is 11.6. The Morgan fingerprint density at radius 2 is 0.918 bits per heavy atom. The summed E-state index contributed by atoms with van der Waals surface area (Å²) in [6.07, 6.45) is 0. The number of anilines is 3. The highest BCUT2D eigenvalue weighted by molar-refractivity contribution is 7.26. The molecule has 0 unspecified atom stereocenters. The van der Waals surface area contributed by atoms with Crippen molar-refractivity contribution in [2.24, 2.45) is 0 Å². The van der Waals surface area contributed by atoms with Crippen LogP contribution in [0.4, 0.5) is 17.1 Å². The molecule has 0 atom stereocenters. The molecule has 0 spiro atoms. The minimum Gasteiger partial charge on any atom is -0.310 e. The average molecular weight is 795 g/mol. The molecule has 0 aliphatic rings. The quantitative estimate of drug-likeness (QED) is 0.156. The zero-order valence-electron chi connectivity index (χ0n) is 33.2. The zero-order chi connectivity index (χ0) is 40.3. The first-order valence-electron chi connectivity index (χ1n) is 20.8. The third kappa shape index (κ3) is 5.93. The summed E-state index contributed by atoms with van der Waals surface area (Å²) in [6.45, 7) is 0. The van der Waals surface area contributed by atoms with Crippen molar-refractivity contribution in [2.45, 2.75) is 0 Å². The largest absolute Gasteiger partial charge is 0.310 e. The van der Waals surface area contributed by atoms with E-state index in [-0.39, 0.29) is 0 Å². The zero-order valence-corrected chi connectivity index (χ0v) is 34.1. The van der Waals surface area contributed by atoms with Gasteiger partial charge in [0, 0.05) is 59.1 Å². The molecule has 61 heavy (non-hydrogen) atoms. The van der Waals surface area contributed by atoms with Gasteiger partial charge in [-0.1, -0.05) is 170 Å². The van der Waals surface area contributed by atoms with Crippen LogP contribution in [0.5, 0.6) is 0 Å². The first-order chi connectivity index (χ1) is 30.3. The summed E-state index contributed by atoms with van der Waals surface area (Å²) in [4.78, 5) is 2.43. The van der Waals surface area contributed by atoms with Gasteiger partial charge in [-0.3, -0.25) is 0 Å². The van der Waals surface area contributed by atoms with Gasteiger partial charge in [-0.15, -0.1) is 11.3 Å². The van der Waals surface area contributed by atoms with Crippen LogP contribution in [0, 0.1) is 0 Å². The van der Waals surface area contributed by atoms with Crippen molar-refractivity contribution in [1.82, 2.24) is 4.57 Å². The molecular formula is C58H38N2S. The molecule has 0 fully saturated rings. The fraction of sp³-hybridized carbons (Fsp3) is 0. The van der Waals surface area contributed by atoms with Crippen LogP contribution in [0.2, 0.25) is 0 Å². The van der Waals surface area contributed by atoms with Crippen molar-refractivity contribution in [2.75, 3.05) is 4.90 Å². The Kier molecular flexibility index (Phi) is 8.39. The second-order valence-electron chi connectivity index (χ2n) is 15.7. The number of fused-ring (bicyclic) bond motifs is 7. The van der Waals surface area contributed by atoms with Crippen molar-refractivity contribution >= 4 is 81.1 Å². The number of rotatable bonds is 7. The molecule has 0 N–H and O–H groups in total. The van der Waals surface area contributed by atoms with E-state index in [0.717, 1.165) is 28.3 Å². The summed E-state index contributed by atoms with van der Waals surface area (Å²) in [7, 11) is 0. The second-order valence-corrected chi connectivity index (χ2v) is 16.7. The fourth-order valence-corrected chi connectivity index (χ4v) is 10.6. The van der Waals surface area contributed by atoms with Crippen LogP contribution in [0.15, 0.2) is 231 Å². The molecule has 2 aromatic heterocycles. The molecule has 0 aliphatic heterocycles. The molecule has 0 amide bonds. The summed E-state index contributed by atoms with van der Waals surface area (Å²) in [6, 6.07) is 84.1. The first kappa shape index (κ1) is 35.2. The number of thiophene rings is 1. The number of hydrogen-bond donors (Lipinski definition) is 0. The Labute approximate surface area is 358 Å². The Bertz CT molecular complexity index is 3530. The summed E-state index contributed by atoms with van der Waals surface area (Å²) in [5, 5.41) is 7.64. The van der Waals surface area contributed by atoms with Crippen molar-refractivity contribution in [3.63, 3.8) is 0 Å². The molecule has 12 aromatic rings. The highest BCUT2D eigenvalue weighted by Crippen LogP contribution is 2.47. The number of nitrogens with zero attached hydrogens (tertiary/aromatic N) is 2. The van der Waals surface area contributed by atoms with E-state index in [0.29, 0.717) is 0 Å². The van der Waals surface area contributed by atoms with Crippen LogP contribution in [-0.2, 0) is 0 Å². The van der Waals surface area contributed by atoms with Gasteiger partial charge in [0.05, 0.1) is 16.7 Å². The molecule has 12 rings (SSSR count). The standard InChI is InChI=1S/C58H38N2S/c1-2-18-46-40(14-1)15-12-23-47(46)41-32-36-43(37-33-41)59(54-26-7-5-21-50(54)52-24-13-25-53-51-22-6-10-29-57(51)61-58(52)53)45-17-11-16-42(38-45)39-30-34-44(35-31-39)60-55-27-8-3-19-48(55)49-20-4-9-28-56(49)60/h1-38H. The van der Waals surface area contributed by atoms with Gasteiger partial charge in [-0.05, 0) is 93.7 Å². The molecule has 2 nitrogen and oxygen atoms in total. The van der Waals surface area contributed by atoms with Crippen LogP contribution in [-0.4, -0.2) is 4.57 Å². The van der Waals surface area contributed by atoms with Gasteiger partial charge in [-0.25, -0.2) is 0 Å². The third-order valence-electron chi connectivity index (χ3n) is 12.2. The molecule has 0 aliphatic carbocycles. The van der Waals surface area contributed by atoms with Crippen LogP contribution in [0.1, 0.15) is 0 Å². The smallest absolute Gasteiger partial charge is 0.0541 e. The van der Waals surface area contributed by atoms with Gasteiger partial charge >= 0.3 is 0 Å². The summed E-state index contributed by atoms with van der Waals surface area (Å²) < 4.78 is 4.99. The number of hydrogen-bond acceptors (Lipinski definition) is 2. The van der Waals surface area contributed by atoms with Gasteiger partial charge in [0.1, 0.15) is 0 Å². The van der Waals surface area contributed by atoms with Crippen LogP contribution >= 0.6 is 11.3 Å². The lowest BCUT2D eigenvalue weighted by molar-refractivity contribution is 1.18. The Hall–Kier alpha value is -7.72. The van der Waals surface area contributed by atoms with Crippen molar-refractivity contribution in [3.8, 4) is 39.1 Å². The van der Waals surface area contributed by atoms with Crippen LogP contribution < -0.4 is 4.90 Å². The minimum atomic E-state index is 1.10. The van der Waals surface area contributed by atoms with E-state index < -0.39 is 0 Å². The number of aromatic nitrogens is 1. The molecule has 0 saturated carbocycles. The summed E-state index contributed by atoms with van der Waals surface area (Å²) in [5.41, 5.74) is 14.1. The van der Waals surface area contributed by atoms with E-state index in [1.165, 1.54) is 80.6 Å². The Balaban J connectivity index is 0.997. The maximum atomic E-state index is 2.43. The minimum absolute atomic E-state index is 1.10. The third-order valence-corrected chi connectivity index (χ3v) is 13.4. The maximum absolute atomic E-state index is 2.43. The molecule has 0 radical (unpaired) electrons. The lowest BCUT2D eigenvalue weighted by Gasteiger charge is -2.28. The highest BCUT2D eigenvalue weighted by Gasteiger charge is 2.21. The van der Waals surface area contributed by atoms with Crippen molar-refractivity contribution in [3.05, 3.63) is 231 Å². The van der Waals surface area contributed by atoms with Gasteiger partial charge < -0.3 is 9.47 Å². The molecule has 286 valence electrons. The monoisotopic (exact) mass is 794 g/mol. The van der Waals surface area contributed by atoms with E-state index in [4.69, 9.17) is 0 Å². The average Bonchev–Trinajstić information content (AvgIpc) is 3.88. The topological polar surface area (TPSA) is 8.17 Å². The predicted molar refractivity (Wildman–Crippen MR) is 262 cm³/mol. The van der Waals surface area contributed by atoms with E-state index >= 15 is 0 Å². The van der Waals surface area contributed by atoms with Gasteiger partial charge in [0.15, 0.2) is 0 Å². The second kappa shape index (κ2) is 14.5. The predicted octanol–water partition coefficient (Wildman–Crippen LogP) is 16.8. The molecule has 10 aromatic carbocycles. The van der Waals surface area contributed by atoms with E-state index in [1.54, 1.807) is 0 Å². The van der Waals surface area contributed by atoms with E-state index in [2.05, 4.69) is 240 Å². The maximum Gasteiger partial charge on any atom is 0.0541 e. The molecular weight excluding hydrogens is 757 g/mol. The van der Waals surface area contributed by atoms with E-state index in [1.807, 2.05) is 11.3 Å². The number of benzene rings is 10. The van der Waals surface area contributed by atoms with Gasteiger partial charge in [0.2, 0.25) is 0 Å². The lowest BCUT2D eigenvalue weighted by Crippen LogP contribution is -2.11. The van der Waals surface area contributed by atoms with Gasteiger partial charge in [0.25, 0.3) is 0 Å². The Morgan fingerprint density at radius 1 is 0.344 bits per heavy atom. The summed E-state index contributed by atoms with van der Waals surface area (Å²) in [5.74, 6) is 0. The molecule has 0 bridgehead atoms. The molecule has 3 heteroatoms.